The van der Waals surface area contributed by atoms with Crippen LogP contribution in [0.25, 0.3) is 28.2 Å². The van der Waals surface area contributed by atoms with Crippen LogP contribution >= 0.6 is 0 Å². The number of nitrogens with zero attached hydrogens (tertiary/aromatic N) is 3. The van der Waals surface area contributed by atoms with E-state index < -0.39 is 11.2 Å². The summed E-state index contributed by atoms with van der Waals surface area (Å²) in [6.07, 6.45) is 1.76. The maximum atomic E-state index is 14.4. The number of nitrogens with one attached hydrogen (secondary N) is 1. The number of aromatic nitrogens is 3. The second-order valence-corrected chi connectivity index (χ2v) is 9.13. The highest BCUT2D eigenvalue weighted by Gasteiger charge is 2.22. The van der Waals surface area contributed by atoms with Crippen LogP contribution in [-0.4, -0.2) is 26.3 Å². The van der Waals surface area contributed by atoms with E-state index in [9.17, 15) is 14.0 Å². The summed E-state index contributed by atoms with van der Waals surface area (Å²) in [5, 5.41) is 7.49. The summed E-state index contributed by atoms with van der Waals surface area (Å²) in [6.45, 7) is 8.96. The van der Waals surface area contributed by atoms with Crippen molar-refractivity contribution in [3.63, 3.8) is 0 Å². The van der Waals surface area contributed by atoms with Gasteiger partial charge in [-0.3, -0.25) is 9.59 Å². The summed E-state index contributed by atoms with van der Waals surface area (Å²) in [7, 11) is 0. The predicted octanol–water partition coefficient (Wildman–Crippen LogP) is 5.70. The second-order valence-electron chi connectivity index (χ2n) is 9.13. The van der Waals surface area contributed by atoms with Crippen LogP contribution in [0.1, 0.15) is 43.6 Å². The first kappa shape index (κ1) is 22.3. The third kappa shape index (κ3) is 4.53. The van der Waals surface area contributed by atoms with E-state index in [0.717, 1.165) is 16.8 Å². The number of benzene rings is 2. The molecule has 0 aliphatic heterocycles. The number of halogens is 1. The van der Waals surface area contributed by atoms with Gasteiger partial charge in [-0.05, 0) is 55.8 Å². The Hall–Kier alpha value is -3.87. The highest BCUT2D eigenvalue weighted by molar-refractivity contribution is 5.96. The van der Waals surface area contributed by atoms with Crippen molar-refractivity contribution in [2.45, 2.75) is 34.6 Å². The van der Waals surface area contributed by atoms with Crippen LogP contribution < -0.4 is 5.32 Å². The summed E-state index contributed by atoms with van der Waals surface area (Å²) in [5.41, 5.74) is 4.31. The molecule has 33 heavy (non-hydrogen) atoms. The Labute approximate surface area is 191 Å². The van der Waals surface area contributed by atoms with Crippen molar-refractivity contribution in [2.24, 2.45) is 5.41 Å². The van der Waals surface area contributed by atoms with Gasteiger partial charge < -0.3 is 5.32 Å². The SMILES string of the molecule is CC(=O)c1ccc(F)c(-c2ccc3nc(-c4ccc(C)c(NC(=O)C(C)(C)C)c4)cn3n2)c1. The fourth-order valence-electron chi connectivity index (χ4n) is 3.33. The fraction of sp³-hybridized carbons (Fsp3) is 0.231. The number of ketones is 1. The van der Waals surface area contributed by atoms with Crippen molar-refractivity contribution < 1.29 is 14.0 Å². The van der Waals surface area contributed by atoms with E-state index in [-0.39, 0.29) is 17.3 Å². The van der Waals surface area contributed by atoms with E-state index in [0.29, 0.717) is 22.6 Å². The third-order valence-corrected chi connectivity index (χ3v) is 5.43. The maximum Gasteiger partial charge on any atom is 0.229 e. The van der Waals surface area contributed by atoms with Crippen LogP contribution in [0.15, 0.2) is 54.7 Å². The molecule has 1 amide bonds. The summed E-state index contributed by atoms with van der Waals surface area (Å²) in [4.78, 5) is 28.8. The molecule has 0 spiro atoms. The van der Waals surface area contributed by atoms with E-state index >= 15 is 0 Å². The van der Waals surface area contributed by atoms with Crippen LogP contribution in [-0.2, 0) is 4.79 Å². The highest BCUT2D eigenvalue weighted by atomic mass is 19.1. The Morgan fingerprint density at radius 2 is 1.76 bits per heavy atom. The van der Waals surface area contributed by atoms with E-state index in [2.05, 4.69) is 15.4 Å². The Morgan fingerprint density at radius 1 is 1.00 bits per heavy atom. The fourth-order valence-corrected chi connectivity index (χ4v) is 3.33. The number of rotatable bonds is 4. The molecule has 0 aliphatic carbocycles. The number of Topliss-reactive ketones (excluding diaryl/α,β-unsaturated/α-hetero) is 1. The Kier molecular flexibility index (Phi) is 5.57. The Balaban J connectivity index is 1.72. The van der Waals surface area contributed by atoms with Crippen molar-refractivity contribution in [1.29, 1.82) is 0 Å². The van der Waals surface area contributed by atoms with Gasteiger partial charge in [0.2, 0.25) is 5.91 Å². The molecule has 4 rings (SSSR count). The minimum absolute atomic E-state index is 0.0705. The summed E-state index contributed by atoms with van der Waals surface area (Å²) >= 11 is 0. The lowest BCUT2D eigenvalue weighted by molar-refractivity contribution is -0.123. The first-order valence-electron chi connectivity index (χ1n) is 10.6. The average Bonchev–Trinajstić information content (AvgIpc) is 3.18. The molecule has 0 saturated carbocycles. The van der Waals surface area contributed by atoms with Gasteiger partial charge in [0.1, 0.15) is 5.82 Å². The number of anilines is 1. The number of hydrogen-bond donors (Lipinski definition) is 1. The Morgan fingerprint density at radius 3 is 2.45 bits per heavy atom. The van der Waals surface area contributed by atoms with Gasteiger partial charge in [-0.1, -0.05) is 32.9 Å². The molecule has 4 aromatic rings. The molecule has 2 aromatic heterocycles. The average molecular weight is 445 g/mol. The standard InChI is InChI=1S/C26H25FN4O2/c1-15-6-7-18(13-22(15)29-25(33)26(3,4)5)23-14-31-24(28-23)11-10-21(30-31)19-12-17(16(2)32)8-9-20(19)27/h6-14H,1-5H3,(H,29,33). The van der Waals surface area contributed by atoms with Gasteiger partial charge in [0, 0.05) is 27.8 Å². The minimum Gasteiger partial charge on any atom is -0.325 e. The molecule has 7 heteroatoms. The molecule has 0 unspecified atom stereocenters. The van der Waals surface area contributed by atoms with Crippen molar-refractivity contribution in [3.8, 4) is 22.5 Å². The summed E-state index contributed by atoms with van der Waals surface area (Å²) < 4.78 is 16.0. The lowest BCUT2D eigenvalue weighted by Crippen LogP contribution is -2.27. The van der Waals surface area contributed by atoms with Gasteiger partial charge in [0.15, 0.2) is 11.4 Å². The number of carbonyl (C=O) groups excluding carboxylic acids is 2. The van der Waals surface area contributed by atoms with Gasteiger partial charge in [-0.2, -0.15) is 5.10 Å². The van der Waals surface area contributed by atoms with Crippen LogP contribution in [0.4, 0.5) is 10.1 Å². The number of aryl methyl sites for hydroxylation is 1. The number of carbonyl (C=O) groups is 2. The van der Waals surface area contributed by atoms with Gasteiger partial charge in [-0.25, -0.2) is 13.9 Å². The minimum atomic E-state index is -0.513. The molecular weight excluding hydrogens is 419 g/mol. The second kappa shape index (κ2) is 8.24. The van der Waals surface area contributed by atoms with Crippen molar-refractivity contribution in [3.05, 3.63) is 71.7 Å². The largest absolute Gasteiger partial charge is 0.325 e. The quantitative estimate of drug-likeness (QED) is 0.410. The first-order chi connectivity index (χ1) is 15.5. The van der Waals surface area contributed by atoms with Gasteiger partial charge in [0.25, 0.3) is 0 Å². The van der Waals surface area contributed by atoms with Crippen LogP contribution in [0.3, 0.4) is 0 Å². The number of hydrogen-bond acceptors (Lipinski definition) is 4. The molecule has 6 nitrogen and oxygen atoms in total. The van der Waals surface area contributed by atoms with Crippen molar-refractivity contribution in [2.75, 3.05) is 5.32 Å². The normalized spacial score (nSPS) is 11.6. The molecule has 2 heterocycles. The molecule has 0 bridgehead atoms. The monoisotopic (exact) mass is 444 g/mol. The van der Waals surface area contributed by atoms with Crippen LogP contribution in [0.5, 0.6) is 0 Å². The molecule has 1 N–H and O–H groups in total. The van der Waals surface area contributed by atoms with Gasteiger partial charge in [0.05, 0.1) is 17.6 Å². The van der Waals surface area contributed by atoms with E-state index in [4.69, 9.17) is 0 Å². The summed E-state index contributed by atoms with van der Waals surface area (Å²) in [6, 6.07) is 13.4. The van der Waals surface area contributed by atoms with E-state index in [1.54, 1.807) is 22.8 Å². The zero-order valence-corrected chi connectivity index (χ0v) is 19.2. The van der Waals surface area contributed by atoms with Gasteiger partial charge >= 0.3 is 0 Å². The number of fused-ring (bicyclic) bond motifs is 1. The molecule has 0 aliphatic rings. The van der Waals surface area contributed by atoms with Crippen LogP contribution in [0, 0.1) is 18.2 Å². The van der Waals surface area contributed by atoms with Crippen molar-refractivity contribution >= 4 is 23.0 Å². The van der Waals surface area contributed by atoms with Gasteiger partial charge in [-0.15, -0.1) is 0 Å². The molecule has 0 fully saturated rings. The number of imidazole rings is 1. The first-order valence-corrected chi connectivity index (χ1v) is 10.6. The summed E-state index contributed by atoms with van der Waals surface area (Å²) in [5.74, 6) is -0.667. The molecule has 0 radical (unpaired) electrons. The molecule has 0 saturated heterocycles. The smallest absolute Gasteiger partial charge is 0.229 e. The topological polar surface area (TPSA) is 76.4 Å². The number of amides is 1. The van der Waals surface area contributed by atoms with E-state index in [1.807, 2.05) is 45.9 Å². The van der Waals surface area contributed by atoms with E-state index in [1.165, 1.54) is 25.1 Å². The lowest BCUT2D eigenvalue weighted by Gasteiger charge is -2.19. The highest BCUT2D eigenvalue weighted by Crippen LogP contribution is 2.28. The molecule has 168 valence electrons. The molecule has 0 atom stereocenters. The molecule has 2 aromatic carbocycles. The van der Waals surface area contributed by atoms with Crippen molar-refractivity contribution in [1.82, 2.24) is 14.6 Å². The zero-order chi connectivity index (χ0) is 23.9. The maximum absolute atomic E-state index is 14.4. The van der Waals surface area contributed by atoms with Crippen LogP contribution in [0.2, 0.25) is 0 Å². The third-order valence-electron chi connectivity index (χ3n) is 5.43. The Bertz CT molecular complexity index is 1400. The zero-order valence-electron chi connectivity index (χ0n) is 19.2. The molecular formula is C26H25FN4O2. The predicted molar refractivity (Wildman–Crippen MR) is 127 cm³/mol. The lowest BCUT2D eigenvalue weighted by atomic mass is 9.95.